The van der Waals surface area contributed by atoms with Gasteiger partial charge in [0.1, 0.15) is 32.2 Å². The molecule has 1 heterocycles. The predicted molar refractivity (Wildman–Crippen MR) is 165 cm³/mol. The summed E-state index contributed by atoms with van der Waals surface area (Å²) in [5, 5.41) is 0. The normalized spacial score (nSPS) is 16.4. The van der Waals surface area contributed by atoms with Crippen molar-refractivity contribution in [1.82, 2.24) is 0 Å². The van der Waals surface area contributed by atoms with Crippen molar-refractivity contribution in [1.29, 1.82) is 0 Å². The lowest BCUT2D eigenvalue weighted by atomic mass is 10.2. The Morgan fingerprint density at radius 2 is 1.00 bits per heavy atom. The number of fused-ring (bicyclic) bond motifs is 2. The number of hydrogen-bond donors (Lipinski definition) is 0. The van der Waals surface area contributed by atoms with Gasteiger partial charge in [0, 0.05) is 4.47 Å². The molecule has 1 aliphatic rings. The van der Waals surface area contributed by atoms with E-state index in [4.69, 9.17) is 42.6 Å². The van der Waals surface area contributed by atoms with Crippen LogP contribution in [0.5, 0.6) is 28.7 Å². The van der Waals surface area contributed by atoms with Gasteiger partial charge in [-0.05, 0) is 64.5 Å². The molecule has 10 nitrogen and oxygen atoms in total. The maximum absolute atomic E-state index is 12.9. The van der Waals surface area contributed by atoms with Gasteiger partial charge in [0.05, 0.1) is 62.9 Å². The summed E-state index contributed by atoms with van der Waals surface area (Å²) in [6.45, 7) is 4.33. The van der Waals surface area contributed by atoms with Crippen molar-refractivity contribution in [3.63, 3.8) is 0 Å². The van der Waals surface area contributed by atoms with Crippen LogP contribution >= 0.6 is 31.9 Å². The minimum absolute atomic E-state index is 0.236. The Morgan fingerprint density at radius 3 is 1.53 bits per heavy atom. The number of hydrogen-bond acceptors (Lipinski definition) is 10. The molecule has 0 N–H and O–H groups in total. The summed E-state index contributed by atoms with van der Waals surface area (Å²) in [4.78, 5) is 12.9. The van der Waals surface area contributed by atoms with Crippen LogP contribution in [0.1, 0.15) is 10.4 Å². The van der Waals surface area contributed by atoms with Crippen molar-refractivity contribution < 1.29 is 47.4 Å². The third kappa shape index (κ3) is 11.6. The van der Waals surface area contributed by atoms with Gasteiger partial charge in [0.15, 0.2) is 23.0 Å². The Labute approximate surface area is 267 Å². The lowest BCUT2D eigenvalue weighted by molar-refractivity contribution is 0.0223. The highest BCUT2D eigenvalue weighted by Crippen LogP contribution is 2.32. The molecule has 0 aliphatic carbocycles. The summed E-state index contributed by atoms with van der Waals surface area (Å²) in [6, 6.07) is 17.7. The summed E-state index contributed by atoms with van der Waals surface area (Å²) in [6.07, 6.45) is 0. The van der Waals surface area contributed by atoms with Crippen LogP contribution < -0.4 is 23.7 Å². The average Bonchev–Trinajstić information content (AvgIpc) is 3.01. The first-order valence-corrected chi connectivity index (χ1v) is 15.4. The van der Waals surface area contributed by atoms with Crippen LogP contribution in [0.3, 0.4) is 0 Å². The molecule has 0 unspecified atom stereocenters. The van der Waals surface area contributed by atoms with Gasteiger partial charge in [0.2, 0.25) is 0 Å². The van der Waals surface area contributed by atoms with E-state index < -0.39 is 5.97 Å². The van der Waals surface area contributed by atoms with E-state index in [1.54, 1.807) is 30.3 Å². The van der Waals surface area contributed by atoms with Gasteiger partial charge >= 0.3 is 5.97 Å². The number of carbonyl (C=O) groups is 1. The first-order valence-electron chi connectivity index (χ1n) is 13.8. The minimum atomic E-state index is -0.538. The van der Waals surface area contributed by atoms with Crippen LogP contribution in [0.15, 0.2) is 69.6 Å². The quantitative estimate of drug-likeness (QED) is 0.241. The zero-order valence-corrected chi connectivity index (χ0v) is 26.8. The number of benzene rings is 3. The van der Waals surface area contributed by atoms with Crippen LogP contribution in [0.25, 0.3) is 0 Å². The highest BCUT2D eigenvalue weighted by Gasteiger charge is 2.16. The molecule has 0 atom stereocenters. The molecule has 0 fully saturated rings. The van der Waals surface area contributed by atoms with E-state index in [0.717, 1.165) is 4.47 Å². The van der Waals surface area contributed by atoms with E-state index in [1.807, 2.05) is 30.3 Å². The van der Waals surface area contributed by atoms with Crippen molar-refractivity contribution in [2.45, 2.75) is 0 Å². The molecule has 0 saturated heterocycles. The number of rotatable bonds is 2. The third-order valence-corrected chi connectivity index (χ3v) is 6.96. The van der Waals surface area contributed by atoms with Gasteiger partial charge in [-0.1, -0.05) is 28.1 Å². The topological polar surface area (TPSA) is 100 Å². The summed E-state index contributed by atoms with van der Waals surface area (Å²) >= 11 is 6.79. The molecular weight excluding hydrogens is 692 g/mol. The molecule has 3 aromatic carbocycles. The van der Waals surface area contributed by atoms with Crippen LogP contribution in [-0.2, 0) is 18.9 Å². The zero-order chi connectivity index (χ0) is 30.1. The number of ether oxygens (including phenoxy) is 9. The van der Waals surface area contributed by atoms with Crippen molar-refractivity contribution in [3.05, 3.63) is 75.2 Å². The van der Waals surface area contributed by atoms with Crippen molar-refractivity contribution >= 4 is 37.8 Å². The molecule has 3 aromatic rings. The fourth-order valence-corrected chi connectivity index (χ4v) is 4.42. The van der Waals surface area contributed by atoms with Gasteiger partial charge < -0.3 is 42.6 Å². The third-order valence-electron chi connectivity index (χ3n) is 5.81. The largest absolute Gasteiger partial charge is 0.487 e. The molecule has 4 rings (SSSR count). The van der Waals surface area contributed by atoms with Crippen LogP contribution in [0.2, 0.25) is 0 Å². The second-order valence-electron chi connectivity index (χ2n) is 8.92. The predicted octanol–water partition coefficient (Wildman–Crippen LogP) is 5.73. The Morgan fingerprint density at radius 1 is 0.535 bits per heavy atom. The fourth-order valence-electron chi connectivity index (χ4n) is 3.76. The van der Waals surface area contributed by atoms with Gasteiger partial charge in [-0.2, -0.15) is 0 Å². The molecule has 43 heavy (non-hydrogen) atoms. The minimum Gasteiger partial charge on any atom is -0.487 e. The molecule has 0 radical (unpaired) electrons. The number of para-hydroxylation sites is 2. The lowest BCUT2D eigenvalue weighted by Gasteiger charge is -2.15. The van der Waals surface area contributed by atoms with Gasteiger partial charge in [0.25, 0.3) is 0 Å². The van der Waals surface area contributed by atoms with E-state index in [9.17, 15) is 4.79 Å². The van der Waals surface area contributed by atoms with Crippen molar-refractivity contribution in [2.75, 3.05) is 79.3 Å². The average molecular weight is 726 g/mol. The molecule has 12 heteroatoms. The maximum atomic E-state index is 12.9. The SMILES string of the molecule is O=C(Oc1cc(Br)ccc1Br)c1ccc2c(c1)OCCOCCOCCOc1ccccc1OCCOCCOCCO2. The smallest absolute Gasteiger partial charge is 0.343 e. The van der Waals surface area contributed by atoms with Gasteiger partial charge in [-0.15, -0.1) is 0 Å². The Hall–Kier alpha value is -2.87. The molecule has 0 amide bonds. The second-order valence-corrected chi connectivity index (χ2v) is 10.7. The maximum Gasteiger partial charge on any atom is 0.343 e. The van der Waals surface area contributed by atoms with Crippen LogP contribution in [0, 0.1) is 0 Å². The number of carbonyl (C=O) groups excluding carboxylic acids is 1. The summed E-state index contributed by atoms with van der Waals surface area (Å²) in [7, 11) is 0. The number of halogens is 2. The highest BCUT2D eigenvalue weighted by atomic mass is 79.9. The summed E-state index contributed by atoms with van der Waals surface area (Å²) < 4.78 is 52.9. The first-order chi connectivity index (χ1) is 21.1. The van der Waals surface area contributed by atoms with Crippen LogP contribution in [0.4, 0.5) is 0 Å². The molecule has 0 aromatic heterocycles. The molecular formula is C31H34Br2O10. The summed E-state index contributed by atoms with van der Waals surface area (Å²) in [5.41, 5.74) is 0.305. The summed E-state index contributed by atoms with van der Waals surface area (Å²) in [5.74, 6) is 2.01. The monoisotopic (exact) mass is 724 g/mol. The second kappa shape index (κ2) is 18.7. The van der Waals surface area contributed by atoms with Crippen LogP contribution in [-0.4, -0.2) is 85.3 Å². The Balaban J connectivity index is 1.32. The lowest BCUT2D eigenvalue weighted by Crippen LogP contribution is -2.16. The molecule has 232 valence electrons. The standard InChI is InChI=1S/C31H34Br2O10/c32-24-6-7-25(33)29(22-24)43-31(34)23-5-8-28-30(21-23)42-20-16-38-12-11-36-14-18-40-27-4-2-1-3-26(27)39-17-13-35-9-10-37-15-19-41-28/h1-8,21-22H,9-20H2. The zero-order valence-electron chi connectivity index (χ0n) is 23.6. The van der Waals surface area contributed by atoms with E-state index in [-0.39, 0.29) is 13.2 Å². The number of esters is 1. The molecule has 0 saturated carbocycles. The van der Waals surface area contributed by atoms with Crippen molar-refractivity contribution in [3.8, 4) is 28.7 Å². The first kappa shape index (κ1) is 33.0. The Kier molecular flexibility index (Phi) is 14.4. The van der Waals surface area contributed by atoms with Crippen molar-refractivity contribution in [2.24, 2.45) is 0 Å². The van der Waals surface area contributed by atoms with E-state index >= 15 is 0 Å². The molecule has 1 aliphatic heterocycles. The van der Waals surface area contributed by atoms with E-state index in [0.29, 0.717) is 105 Å². The fraction of sp³-hybridized carbons (Fsp3) is 0.387. The highest BCUT2D eigenvalue weighted by molar-refractivity contribution is 9.11. The van der Waals surface area contributed by atoms with Gasteiger partial charge in [-0.3, -0.25) is 0 Å². The Bertz CT molecular complexity index is 1290. The van der Waals surface area contributed by atoms with Gasteiger partial charge in [-0.25, -0.2) is 4.79 Å². The molecule has 0 bridgehead atoms. The van der Waals surface area contributed by atoms with E-state index in [1.165, 1.54) is 0 Å². The van der Waals surface area contributed by atoms with E-state index in [2.05, 4.69) is 31.9 Å². The molecule has 0 spiro atoms.